The molecular weight excluding hydrogens is 330 g/mol. The van der Waals surface area contributed by atoms with Gasteiger partial charge >= 0.3 is 12.6 Å². The van der Waals surface area contributed by atoms with Crippen LogP contribution in [0.15, 0.2) is 47.6 Å². The smallest absolute Gasteiger partial charge is 0.387 e. The van der Waals surface area contributed by atoms with Crippen molar-refractivity contribution in [2.75, 3.05) is 5.43 Å². The fourth-order valence-corrected chi connectivity index (χ4v) is 1.92. The predicted octanol–water partition coefficient (Wildman–Crippen LogP) is 4.09. The van der Waals surface area contributed by atoms with E-state index < -0.39 is 12.6 Å². The maximum absolute atomic E-state index is 12.3. The van der Waals surface area contributed by atoms with E-state index in [1.165, 1.54) is 30.5 Å². The number of aromatic carboxylic acids is 1. The first-order chi connectivity index (χ1) is 11.0. The van der Waals surface area contributed by atoms with E-state index in [0.29, 0.717) is 11.3 Å². The van der Waals surface area contributed by atoms with Gasteiger partial charge in [0.25, 0.3) is 0 Å². The van der Waals surface area contributed by atoms with Crippen LogP contribution in [0.25, 0.3) is 0 Å². The van der Waals surface area contributed by atoms with E-state index in [1.54, 1.807) is 18.2 Å². The lowest BCUT2D eigenvalue weighted by molar-refractivity contribution is -0.0499. The van der Waals surface area contributed by atoms with Crippen molar-refractivity contribution in [1.29, 1.82) is 0 Å². The highest BCUT2D eigenvalue weighted by molar-refractivity contribution is 6.33. The monoisotopic (exact) mass is 340 g/mol. The number of hydrogen-bond acceptors (Lipinski definition) is 4. The van der Waals surface area contributed by atoms with Crippen LogP contribution in [0.4, 0.5) is 14.5 Å². The van der Waals surface area contributed by atoms with Gasteiger partial charge in [-0.1, -0.05) is 23.7 Å². The molecule has 8 heteroatoms. The molecule has 2 aromatic carbocycles. The van der Waals surface area contributed by atoms with Crippen molar-refractivity contribution >= 4 is 29.5 Å². The highest BCUT2D eigenvalue weighted by Crippen LogP contribution is 2.21. The maximum atomic E-state index is 12.3. The zero-order valence-corrected chi connectivity index (χ0v) is 12.3. The number of nitrogens with one attached hydrogen (secondary N) is 1. The molecular formula is C15H11ClF2N2O3. The molecule has 0 saturated carbocycles. The van der Waals surface area contributed by atoms with Crippen molar-refractivity contribution in [2.24, 2.45) is 5.10 Å². The number of anilines is 1. The SMILES string of the molecule is O=C(O)c1cc(N/N=C/c2ccccc2OC(F)F)ccc1Cl. The number of carbonyl (C=O) groups is 1. The first kappa shape index (κ1) is 16.7. The number of alkyl halides is 2. The summed E-state index contributed by atoms with van der Waals surface area (Å²) < 4.78 is 29.0. The average molecular weight is 341 g/mol. The summed E-state index contributed by atoms with van der Waals surface area (Å²) in [6.45, 7) is -2.94. The van der Waals surface area contributed by atoms with Gasteiger partial charge in [0.05, 0.1) is 22.5 Å². The van der Waals surface area contributed by atoms with Gasteiger partial charge in [-0.3, -0.25) is 5.43 Å². The van der Waals surface area contributed by atoms with Crippen molar-refractivity contribution < 1.29 is 23.4 Å². The lowest BCUT2D eigenvalue weighted by Crippen LogP contribution is -2.04. The van der Waals surface area contributed by atoms with Gasteiger partial charge in [0.15, 0.2) is 0 Å². The topological polar surface area (TPSA) is 70.9 Å². The van der Waals surface area contributed by atoms with E-state index in [0.717, 1.165) is 0 Å². The molecule has 0 amide bonds. The molecule has 0 spiro atoms. The molecule has 0 atom stereocenters. The van der Waals surface area contributed by atoms with E-state index in [2.05, 4.69) is 15.3 Å². The lowest BCUT2D eigenvalue weighted by atomic mass is 10.2. The number of carboxylic acid groups (broad SMARTS) is 1. The van der Waals surface area contributed by atoms with Crippen LogP contribution in [0.2, 0.25) is 5.02 Å². The Morgan fingerprint density at radius 2 is 2.04 bits per heavy atom. The van der Waals surface area contributed by atoms with E-state index in [1.807, 2.05) is 0 Å². The van der Waals surface area contributed by atoms with Crippen molar-refractivity contribution in [3.8, 4) is 5.75 Å². The minimum atomic E-state index is -2.94. The molecule has 2 rings (SSSR count). The minimum absolute atomic E-state index is 0.0182. The summed E-state index contributed by atoms with van der Waals surface area (Å²) >= 11 is 5.76. The minimum Gasteiger partial charge on any atom is -0.478 e. The number of hydrazone groups is 1. The summed E-state index contributed by atoms with van der Waals surface area (Å²) in [4.78, 5) is 11.0. The fourth-order valence-electron chi connectivity index (χ4n) is 1.73. The third kappa shape index (κ3) is 4.65. The van der Waals surface area contributed by atoms with Gasteiger partial charge in [-0.15, -0.1) is 0 Å². The van der Waals surface area contributed by atoms with Crippen LogP contribution in [0.1, 0.15) is 15.9 Å². The fraction of sp³-hybridized carbons (Fsp3) is 0.0667. The van der Waals surface area contributed by atoms with E-state index in [4.69, 9.17) is 16.7 Å². The van der Waals surface area contributed by atoms with Gasteiger partial charge in [-0.25, -0.2) is 4.79 Å². The number of rotatable bonds is 6. The second-order valence-electron chi connectivity index (χ2n) is 4.29. The van der Waals surface area contributed by atoms with Gasteiger partial charge in [0.2, 0.25) is 0 Å². The molecule has 0 aliphatic rings. The number of benzene rings is 2. The second-order valence-corrected chi connectivity index (χ2v) is 4.69. The highest BCUT2D eigenvalue weighted by atomic mass is 35.5. The largest absolute Gasteiger partial charge is 0.478 e. The molecule has 0 saturated heterocycles. The van der Waals surface area contributed by atoms with Crippen LogP contribution in [-0.2, 0) is 0 Å². The Morgan fingerprint density at radius 1 is 1.30 bits per heavy atom. The summed E-state index contributed by atoms with van der Waals surface area (Å²) in [5, 5.41) is 12.9. The van der Waals surface area contributed by atoms with Crippen LogP contribution in [0.3, 0.4) is 0 Å². The molecule has 2 N–H and O–H groups in total. The van der Waals surface area contributed by atoms with Crippen molar-refractivity contribution in [3.05, 3.63) is 58.6 Å². The predicted molar refractivity (Wildman–Crippen MR) is 82.7 cm³/mol. The molecule has 0 aliphatic heterocycles. The summed E-state index contributed by atoms with van der Waals surface area (Å²) in [6, 6.07) is 10.4. The number of carboxylic acids is 1. The third-order valence-corrected chi connectivity index (χ3v) is 3.06. The first-order valence-corrected chi connectivity index (χ1v) is 6.71. The maximum Gasteiger partial charge on any atom is 0.387 e. The number of halogens is 3. The zero-order valence-electron chi connectivity index (χ0n) is 11.5. The molecule has 0 aromatic heterocycles. The zero-order chi connectivity index (χ0) is 16.8. The Morgan fingerprint density at radius 3 is 2.74 bits per heavy atom. The van der Waals surface area contributed by atoms with E-state index in [-0.39, 0.29) is 16.3 Å². The van der Waals surface area contributed by atoms with Crippen LogP contribution in [0, 0.1) is 0 Å². The molecule has 0 radical (unpaired) electrons. The van der Waals surface area contributed by atoms with E-state index in [9.17, 15) is 13.6 Å². The Labute approximate surface area is 135 Å². The number of ether oxygens (including phenoxy) is 1. The third-order valence-electron chi connectivity index (χ3n) is 2.73. The normalized spacial score (nSPS) is 11.0. The number of nitrogens with zero attached hydrogens (tertiary/aromatic N) is 1. The van der Waals surface area contributed by atoms with Crippen LogP contribution < -0.4 is 10.2 Å². The van der Waals surface area contributed by atoms with Crippen molar-refractivity contribution in [1.82, 2.24) is 0 Å². The average Bonchev–Trinajstić information content (AvgIpc) is 2.50. The van der Waals surface area contributed by atoms with Crippen LogP contribution in [0.5, 0.6) is 5.75 Å². The second kappa shape index (κ2) is 7.55. The number of hydrogen-bond donors (Lipinski definition) is 2. The Hall–Kier alpha value is -2.67. The molecule has 23 heavy (non-hydrogen) atoms. The quantitative estimate of drug-likeness (QED) is 0.614. The van der Waals surface area contributed by atoms with E-state index >= 15 is 0 Å². The van der Waals surface area contributed by atoms with Gasteiger partial charge in [0, 0.05) is 5.56 Å². The standard InChI is InChI=1S/C15H11ClF2N2O3/c16-12-6-5-10(7-11(12)14(21)22)20-19-8-9-3-1-2-4-13(9)23-15(17)18/h1-8,15,20H,(H,21,22)/b19-8+. The molecule has 0 aliphatic carbocycles. The van der Waals surface area contributed by atoms with Crippen LogP contribution >= 0.6 is 11.6 Å². The highest BCUT2D eigenvalue weighted by Gasteiger charge is 2.09. The van der Waals surface area contributed by atoms with Gasteiger partial charge in [0.1, 0.15) is 5.75 Å². The van der Waals surface area contributed by atoms with Gasteiger partial charge in [-0.2, -0.15) is 13.9 Å². The van der Waals surface area contributed by atoms with Gasteiger partial charge in [-0.05, 0) is 30.3 Å². The first-order valence-electron chi connectivity index (χ1n) is 6.33. The Balaban J connectivity index is 2.14. The van der Waals surface area contributed by atoms with Crippen molar-refractivity contribution in [2.45, 2.75) is 6.61 Å². The molecule has 2 aromatic rings. The summed E-state index contributed by atoms with van der Waals surface area (Å²) in [7, 11) is 0. The summed E-state index contributed by atoms with van der Waals surface area (Å²) in [5.41, 5.74) is 3.25. The Kier molecular flexibility index (Phi) is 5.48. The Bertz CT molecular complexity index is 738. The lowest BCUT2D eigenvalue weighted by Gasteiger charge is -2.07. The molecule has 120 valence electrons. The molecule has 0 bridgehead atoms. The summed E-state index contributed by atoms with van der Waals surface area (Å²) in [5.74, 6) is -1.19. The van der Waals surface area contributed by atoms with Crippen LogP contribution in [-0.4, -0.2) is 23.9 Å². The molecule has 0 heterocycles. The molecule has 5 nitrogen and oxygen atoms in total. The summed E-state index contributed by atoms with van der Waals surface area (Å²) in [6.07, 6.45) is 1.28. The van der Waals surface area contributed by atoms with Gasteiger partial charge < -0.3 is 9.84 Å². The molecule has 0 unspecified atom stereocenters. The molecule has 0 fully saturated rings. The van der Waals surface area contributed by atoms with Crippen molar-refractivity contribution in [3.63, 3.8) is 0 Å². The number of para-hydroxylation sites is 1.